The zero-order valence-corrected chi connectivity index (χ0v) is 13.5. The van der Waals surface area contributed by atoms with Gasteiger partial charge in [-0.25, -0.2) is 0 Å². The minimum Gasteiger partial charge on any atom is -0.497 e. The van der Waals surface area contributed by atoms with Gasteiger partial charge in [0.05, 0.1) is 38.1 Å². The van der Waals surface area contributed by atoms with E-state index in [1.54, 1.807) is 7.11 Å². The van der Waals surface area contributed by atoms with Crippen molar-refractivity contribution in [3.05, 3.63) is 29.3 Å². The number of benzene rings is 1. The van der Waals surface area contributed by atoms with E-state index in [9.17, 15) is 0 Å². The first-order valence-corrected chi connectivity index (χ1v) is 7.58. The maximum atomic E-state index is 6.36. The second kappa shape index (κ2) is 6.77. The van der Waals surface area contributed by atoms with Crippen molar-refractivity contribution in [3.63, 3.8) is 0 Å². The van der Waals surface area contributed by atoms with Crippen LogP contribution < -0.4 is 10.5 Å². The largest absolute Gasteiger partial charge is 0.497 e. The molecule has 1 aliphatic rings. The van der Waals surface area contributed by atoms with Gasteiger partial charge in [0, 0.05) is 0 Å². The van der Waals surface area contributed by atoms with Crippen molar-refractivity contribution in [1.82, 2.24) is 0 Å². The second-order valence-electron chi connectivity index (χ2n) is 6.50. The Morgan fingerprint density at radius 1 is 1.24 bits per heavy atom. The molecule has 2 N–H and O–H groups in total. The number of hydrogen-bond acceptors (Lipinski definition) is 4. The Bertz CT molecular complexity index is 468. The van der Waals surface area contributed by atoms with Gasteiger partial charge >= 0.3 is 0 Å². The van der Waals surface area contributed by atoms with Crippen LogP contribution in [-0.2, 0) is 15.9 Å². The van der Waals surface area contributed by atoms with Gasteiger partial charge < -0.3 is 19.9 Å². The van der Waals surface area contributed by atoms with Crippen LogP contribution in [0.15, 0.2) is 18.2 Å². The van der Waals surface area contributed by atoms with Gasteiger partial charge in [-0.15, -0.1) is 0 Å². The molecule has 2 atom stereocenters. The molecule has 0 amide bonds. The van der Waals surface area contributed by atoms with Crippen LogP contribution in [0.5, 0.6) is 5.75 Å². The summed E-state index contributed by atoms with van der Waals surface area (Å²) in [6.07, 6.45) is 2.00. The monoisotopic (exact) mass is 293 g/mol. The number of ether oxygens (including phenoxy) is 3. The molecule has 0 saturated heterocycles. The standard InChI is InChI=1S/C17H27NO3/c1-17(2,3)21-10-9-20-15-8-6-12-5-7-13(19-4)11-14(12)16(15)18/h5,7,11,15-16H,6,8-10,18H2,1-4H3. The zero-order chi connectivity index (χ0) is 15.5. The van der Waals surface area contributed by atoms with E-state index in [4.69, 9.17) is 19.9 Å². The lowest BCUT2D eigenvalue weighted by atomic mass is 9.86. The average Bonchev–Trinajstić information content (AvgIpc) is 2.44. The third kappa shape index (κ3) is 4.43. The molecule has 118 valence electrons. The molecule has 1 aliphatic carbocycles. The van der Waals surface area contributed by atoms with Crippen molar-refractivity contribution < 1.29 is 14.2 Å². The van der Waals surface area contributed by atoms with Gasteiger partial charge in [0.15, 0.2) is 0 Å². The molecule has 0 fully saturated rings. The maximum absolute atomic E-state index is 6.36. The average molecular weight is 293 g/mol. The lowest BCUT2D eigenvalue weighted by Gasteiger charge is -2.31. The van der Waals surface area contributed by atoms with E-state index >= 15 is 0 Å². The fourth-order valence-electron chi connectivity index (χ4n) is 2.65. The molecule has 0 bridgehead atoms. The van der Waals surface area contributed by atoms with E-state index in [-0.39, 0.29) is 17.7 Å². The van der Waals surface area contributed by atoms with Crippen molar-refractivity contribution in [2.45, 2.75) is 51.4 Å². The summed E-state index contributed by atoms with van der Waals surface area (Å²) in [5, 5.41) is 0. The summed E-state index contributed by atoms with van der Waals surface area (Å²) in [5.41, 5.74) is 8.68. The number of nitrogens with two attached hydrogens (primary N) is 1. The van der Waals surface area contributed by atoms with Crippen LogP contribution in [-0.4, -0.2) is 32.0 Å². The highest BCUT2D eigenvalue weighted by Crippen LogP contribution is 2.32. The summed E-state index contributed by atoms with van der Waals surface area (Å²) < 4.78 is 16.9. The van der Waals surface area contributed by atoms with Gasteiger partial charge in [-0.3, -0.25) is 0 Å². The molecule has 1 aromatic rings. The van der Waals surface area contributed by atoms with E-state index in [1.807, 2.05) is 32.9 Å². The highest BCUT2D eigenvalue weighted by molar-refractivity contribution is 5.39. The molecule has 2 rings (SSSR count). The summed E-state index contributed by atoms with van der Waals surface area (Å²) in [4.78, 5) is 0. The number of aryl methyl sites for hydroxylation is 1. The Balaban J connectivity index is 1.92. The van der Waals surface area contributed by atoms with Crippen LogP contribution in [0.1, 0.15) is 44.4 Å². The predicted octanol–water partition coefficient (Wildman–Crippen LogP) is 2.84. The van der Waals surface area contributed by atoms with Crippen LogP contribution in [0.2, 0.25) is 0 Å². The molecule has 0 radical (unpaired) electrons. The lowest BCUT2D eigenvalue weighted by molar-refractivity contribution is -0.0589. The summed E-state index contributed by atoms with van der Waals surface area (Å²) in [7, 11) is 1.67. The molecule has 4 nitrogen and oxygen atoms in total. The minimum absolute atomic E-state index is 0.0492. The molecule has 0 spiro atoms. The Labute approximate surface area is 127 Å². The SMILES string of the molecule is COc1ccc2c(c1)C(N)C(OCCOC(C)(C)C)CC2. The second-order valence-corrected chi connectivity index (χ2v) is 6.50. The van der Waals surface area contributed by atoms with E-state index < -0.39 is 0 Å². The van der Waals surface area contributed by atoms with Crippen LogP contribution in [0.25, 0.3) is 0 Å². The maximum Gasteiger partial charge on any atom is 0.119 e. The highest BCUT2D eigenvalue weighted by Gasteiger charge is 2.27. The van der Waals surface area contributed by atoms with Gasteiger partial charge in [0.1, 0.15) is 5.75 Å². The zero-order valence-electron chi connectivity index (χ0n) is 13.5. The smallest absolute Gasteiger partial charge is 0.119 e. The topological polar surface area (TPSA) is 53.7 Å². The fourth-order valence-corrected chi connectivity index (χ4v) is 2.65. The van der Waals surface area contributed by atoms with Crippen molar-refractivity contribution in [3.8, 4) is 5.75 Å². The molecule has 0 aliphatic heterocycles. The Kier molecular flexibility index (Phi) is 5.25. The van der Waals surface area contributed by atoms with Crippen molar-refractivity contribution in [2.75, 3.05) is 20.3 Å². The number of hydrogen-bond donors (Lipinski definition) is 1. The fraction of sp³-hybridized carbons (Fsp3) is 0.647. The predicted molar refractivity (Wildman–Crippen MR) is 83.7 cm³/mol. The van der Waals surface area contributed by atoms with Gasteiger partial charge in [-0.05, 0) is 56.9 Å². The Morgan fingerprint density at radius 2 is 2.00 bits per heavy atom. The molecule has 1 aromatic carbocycles. The first-order chi connectivity index (χ1) is 9.90. The van der Waals surface area contributed by atoms with Gasteiger partial charge in [0.2, 0.25) is 0 Å². The summed E-state index contributed by atoms with van der Waals surface area (Å²) >= 11 is 0. The van der Waals surface area contributed by atoms with Crippen LogP contribution in [0, 0.1) is 0 Å². The molecule has 21 heavy (non-hydrogen) atoms. The van der Waals surface area contributed by atoms with E-state index in [0.717, 1.165) is 24.2 Å². The minimum atomic E-state index is -0.127. The molecular weight excluding hydrogens is 266 g/mol. The molecular formula is C17H27NO3. The summed E-state index contributed by atoms with van der Waals surface area (Å²) in [6, 6.07) is 6.02. The number of fused-ring (bicyclic) bond motifs is 1. The highest BCUT2D eigenvalue weighted by atomic mass is 16.5. The van der Waals surface area contributed by atoms with E-state index in [0.29, 0.717) is 13.2 Å². The number of rotatable bonds is 5. The van der Waals surface area contributed by atoms with E-state index in [1.165, 1.54) is 5.56 Å². The van der Waals surface area contributed by atoms with E-state index in [2.05, 4.69) is 6.07 Å². The molecule has 0 heterocycles. The van der Waals surface area contributed by atoms with Gasteiger partial charge in [0.25, 0.3) is 0 Å². The van der Waals surface area contributed by atoms with Gasteiger partial charge in [-0.2, -0.15) is 0 Å². The summed E-state index contributed by atoms with van der Waals surface area (Å²) in [5.74, 6) is 0.848. The normalized spacial score (nSPS) is 22.0. The molecule has 0 saturated carbocycles. The van der Waals surface area contributed by atoms with Crippen molar-refractivity contribution in [1.29, 1.82) is 0 Å². The Hall–Kier alpha value is -1.10. The van der Waals surface area contributed by atoms with Gasteiger partial charge in [-0.1, -0.05) is 6.07 Å². The third-order valence-electron chi connectivity index (χ3n) is 3.76. The van der Waals surface area contributed by atoms with Crippen LogP contribution >= 0.6 is 0 Å². The van der Waals surface area contributed by atoms with Crippen molar-refractivity contribution >= 4 is 0 Å². The van der Waals surface area contributed by atoms with Crippen LogP contribution in [0.4, 0.5) is 0 Å². The molecule has 0 aromatic heterocycles. The Morgan fingerprint density at radius 3 is 2.67 bits per heavy atom. The first kappa shape index (κ1) is 16.3. The number of methoxy groups -OCH3 is 1. The molecule has 2 unspecified atom stereocenters. The first-order valence-electron chi connectivity index (χ1n) is 7.58. The quantitative estimate of drug-likeness (QED) is 0.848. The lowest BCUT2D eigenvalue weighted by Crippen LogP contribution is -2.35. The molecule has 4 heteroatoms. The summed E-state index contributed by atoms with van der Waals surface area (Å²) in [6.45, 7) is 7.30. The van der Waals surface area contributed by atoms with Crippen molar-refractivity contribution in [2.24, 2.45) is 5.73 Å². The third-order valence-corrected chi connectivity index (χ3v) is 3.76. The van der Waals surface area contributed by atoms with Crippen LogP contribution in [0.3, 0.4) is 0 Å².